The highest BCUT2D eigenvalue weighted by Gasteiger charge is 2.46. The molecule has 7 rings (SSSR count). The first-order chi connectivity index (χ1) is 38.1. The molecule has 20 nitrogen and oxygen atoms in total. The summed E-state index contributed by atoms with van der Waals surface area (Å²) < 4.78 is 48.1. The van der Waals surface area contributed by atoms with Gasteiger partial charge in [-0.3, -0.25) is 34.4 Å². The zero-order chi connectivity index (χ0) is 58.1. The molecule has 424 valence electrons. The largest absolute Gasteiger partial charge is 0.497 e. The molecule has 0 saturated carbocycles. The van der Waals surface area contributed by atoms with Crippen molar-refractivity contribution < 1.29 is 52.2 Å². The second kappa shape index (κ2) is 26.4. The predicted molar refractivity (Wildman–Crippen MR) is 303 cm³/mol. The van der Waals surface area contributed by atoms with Crippen LogP contribution in [0.15, 0.2) is 143 Å². The van der Waals surface area contributed by atoms with Gasteiger partial charge in [0.15, 0.2) is 5.12 Å². The molecule has 22 heteroatoms. The summed E-state index contributed by atoms with van der Waals surface area (Å²) in [4.78, 5) is 79.5. The number of hydrogen-bond acceptors (Lipinski definition) is 17. The van der Waals surface area contributed by atoms with Crippen molar-refractivity contribution in [3.05, 3.63) is 208 Å². The van der Waals surface area contributed by atoms with Crippen molar-refractivity contribution in [2.75, 3.05) is 33.4 Å². The highest BCUT2D eigenvalue weighted by molar-refractivity contribution is 8.13. The summed E-state index contributed by atoms with van der Waals surface area (Å²) in [6, 6.07) is 35.4. The maximum Gasteiger partial charge on any atom is 0.425 e. The lowest BCUT2D eigenvalue weighted by Gasteiger charge is -2.39. The van der Waals surface area contributed by atoms with Crippen LogP contribution in [0.3, 0.4) is 0 Å². The monoisotopic (exact) mass is 1140 g/mol. The number of methoxy groups -OCH3 is 2. The summed E-state index contributed by atoms with van der Waals surface area (Å²) in [6.45, 7) is 13.9. The van der Waals surface area contributed by atoms with Gasteiger partial charge in [-0.25, -0.2) is 14.3 Å². The second-order valence-corrected chi connectivity index (χ2v) is 22.8. The van der Waals surface area contributed by atoms with E-state index in [1.807, 2.05) is 127 Å². The highest BCUT2D eigenvalue weighted by Crippen LogP contribution is 2.51. The zero-order valence-corrected chi connectivity index (χ0v) is 47.9. The van der Waals surface area contributed by atoms with E-state index in [-0.39, 0.29) is 52.9 Å². The average Bonchev–Trinajstić information content (AvgIpc) is 4.01. The average molecular weight is 1140 g/mol. The molecule has 0 bridgehead atoms. The second-order valence-electron chi connectivity index (χ2n) is 20.5. The maximum atomic E-state index is 14.8. The van der Waals surface area contributed by atoms with E-state index < -0.39 is 89.1 Å². The number of aromatic nitrogens is 2. The number of nitro benzene ring substituents is 2. The number of benzene rings is 5. The Labute approximate surface area is 469 Å². The Kier molecular flexibility index (Phi) is 20.0. The molecular formula is C58H66N5O15PS. The van der Waals surface area contributed by atoms with Gasteiger partial charge in [-0.05, 0) is 75.6 Å². The normalized spacial score (nSPS) is 16.1. The lowest BCUT2D eigenvalue weighted by atomic mass is 9.80. The Hall–Kier alpha value is -7.10. The van der Waals surface area contributed by atoms with Crippen LogP contribution in [-0.4, -0.2) is 92.5 Å². The molecule has 5 aromatic carbocycles. The van der Waals surface area contributed by atoms with Gasteiger partial charge in [0.25, 0.3) is 25.5 Å². The lowest BCUT2D eigenvalue weighted by molar-refractivity contribution is -0.386. The molecule has 2 heterocycles. The third kappa shape index (κ3) is 13.5. The highest BCUT2D eigenvalue weighted by atomic mass is 32.2. The van der Waals surface area contributed by atoms with Crippen LogP contribution in [0.5, 0.6) is 11.5 Å². The standard InChI is InChI=1S/C58H66N5O15PS/c1-37(2)61(38(3)4)79(76-36-80-54(65)57(6,7)8)78-50-32-52(77-51(50)35-75-58(40-18-12-11-13-19-40,41-24-28-43(72-9)29-25-41)42-26-30-44(73-10)31-27-42)59-33-39(5)53(64)60(55(59)66)56(67)74-34-47(45-20-14-16-22-48(45)62(68)69)46-21-15-17-23-49(46)63(70)71/h11-31,33,37-38,47,50-52H,32,34-36H2,1-10H3/t50-,51+,52+,79?/m0/s1. The van der Waals surface area contributed by atoms with Gasteiger partial charge in [-0.15, -0.1) is 0 Å². The van der Waals surface area contributed by atoms with Crippen LogP contribution in [0.1, 0.15) is 100 Å². The fourth-order valence-corrected chi connectivity index (χ4v) is 12.1. The van der Waals surface area contributed by atoms with Crippen LogP contribution in [-0.2, 0) is 33.7 Å². The Balaban J connectivity index is 1.31. The van der Waals surface area contributed by atoms with Crippen LogP contribution in [0.25, 0.3) is 0 Å². The van der Waals surface area contributed by atoms with E-state index in [0.717, 1.165) is 33.0 Å². The van der Waals surface area contributed by atoms with Crippen LogP contribution in [0.2, 0.25) is 0 Å². The quantitative estimate of drug-likeness (QED) is 0.0191. The summed E-state index contributed by atoms with van der Waals surface area (Å²) in [5, 5.41) is 24.5. The fraction of sp³-hybridized carbons (Fsp3) is 0.379. The molecule has 80 heavy (non-hydrogen) atoms. The van der Waals surface area contributed by atoms with E-state index in [9.17, 15) is 39.4 Å². The van der Waals surface area contributed by atoms with E-state index in [1.54, 1.807) is 14.2 Å². The third-order valence-corrected chi connectivity index (χ3v) is 16.8. The molecule has 0 spiro atoms. The molecule has 1 fully saturated rings. The van der Waals surface area contributed by atoms with E-state index in [1.165, 1.54) is 61.7 Å². The van der Waals surface area contributed by atoms with Gasteiger partial charge in [0.2, 0.25) is 0 Å². The molecular weight excluding hydrogens is 1070 g/mol. The van der Waals surface area contributed by atoms with Crippen molar-refractivity contribution in [3.63, 3.8) is 0 Å². The Bertz CT molecular complexity index is 3150. The number of rotatable bonds is 23. The van der Waals surface area contributed by atoms with Crippen molar-refractivity contribution in [1.82, 2.24) is 13.8 Å². The van der Waals surface area contributed by atoms with Gasteiger partial charge in [-0.1, -0.05) is 124 Å². The van der Waals surface area contributed by atoms with Crippen LogP contribution in [0, 0.1) is 32.6 Å². The number of nitro groups is 2. The number of carbonyl (C=O) groups is 2. The molecule has 1 aliphatic heterocycles. The Morgan fingerprint density at radius 3 is 1.75 bits per heavy atom. The maximum absolute atomic E-state index is 14.8. The molecule has 1 aromatic heterocycles. The minimum Gasteiger partial charge on any atom is -0.497 e. The molecule has 0 aliphatic carbocycles. The van der Waals surface area contributed by atoms with Crippen LogP contribution in [0.4, 0.5) is 16.2 Å². The molecule has 6 aromatic rings. The van der Waals surface area contributed by atoms with Crippen molar-refractivity contribution >= 4 is 42.9 Å². The first kappa shape index (κ1) is 60.5. The van der Waals surface area contributed by atoms with Gasteiger partial charge < -0.3 is 32.7 Å². The number of carbonyl (C=O) groups excluding carboxylic acids is 2. The molecule has 0 radical (unpaired) electrons. The van der Waals surface area contributed by atoms with E-state index in [2.05, 4.69) is 4.67 Å². The van der Waals surface area contributed by atoms with Gasteiger partial charge in [-0.2, -0.15) is 4.57 Å². The van der Waals surface area contributed by atoms with E-state index in [4.69, 9.17) is 32.7 Å². The number of para-hydroxylation sites is 2. The topological polar surface area (TPSA) is 232 Å². The van der Waals surface area contributed by atoms with E-state index >= 15 is 0 Å². The van der Waals surface area contributed by atoms with E-state index in [0.29, 0.717) is 16.1 Å². The summed E-state index contributed by atoms with van der Waals surface area (Å²) in [5.41, 5.74) is -2.85. The lowest BCUT2D eigenvalue weighted by Crippen LogP contribution is -2.46. The smallest absolute Gasteiger partial charge is 0.425 e. The molecule has 4 atom stereocenters. The summed E-state index contributed by atoms with van der Waals surface area (Å²) in [5.74, 6) is -0.104. The molecule has 1 aliphatic rings. The zero-order valence-electron chi connectivity index (χ0n) is 46.2. The summed E-state index contributed by atoms with van der Waals surface area (Å²) in [7, 11) is 1.17. The van der Waals surface area contributed by atoms with Crippen molar-refractivity contribution in [1.29, 1.82) is 0 Å². The van der Waals surface area contributed by atoms with Crippen molar-refractivity contribution in [2.24, 2.45) is 5.41 Å². The number of hydrogen-bond donors (Lipinski definition) is 0. The number of ether oxygens (including phenoxy) is 5. The molecule has 1 unspecified atom stereocenters. The minimum absolute atomic E-state index is 0.0145. The summed E-state index contributed by atoms with van der Waals surface area (Å²) in [6.07, 6.45) is -3.36. The SMILES string of the molecule is COc1ccc(C(OC[C@H]2O[C@@H](n3cc(C)c(=O)n(C(=O)OCC(c4ccccc4[N+](=O)[O-])c4ccccc4[N+](=O)[O-])c3=O)C[C@@H]2OP(OCSC(=O)C(C)(C)C)N(C(C)C)C(C)C)(c2ccccc2)c2ccc(OC)cc2)cc1. The van der Waals surface area contributed by atoms with Crippen LogP contribution >= 0.6 is 20.3 Å². The Morgan fingerprint density at radius 2 is 1.26 bits per heavy atom. The third-order valence-electron chi connectivity index (χ3n) is 13.4. The predicted octanol–water partition coefficient (Wildman–Crippen LogP) is 11.3. The first-order valence-electron chi connectivity index (χ1n) is 25.8. The molecule has 0 amide bonds. The van der Waals surface area contributed by atoms with Gasteiger partial charge >= 0.3 is 11.8 Å². The number of aryl methyl sites for hydroxylation is 1. The van der Waals surface area contributed by atoms with Gasteiger partial charge in [0.05, 0.1) is 42.7 Å². The van der Waals surface area contributed by atoms with Gasteiger partial charge in [0, 0.05) is 58.9 Å². The van der Waals surface area contributed by atoms with Crippen molar-refractivity contribution in [2.45, 2.75) is 104 Å². The first-order valence-corrected chi connectivity index (χ1v) is 27.9. The number of thioether (sulfide) groups is 1. The number of nitrogens with zero attached hydrogens (tertiary/aromatic N) is 5. The van der Waals surface area contributed by atoms with Crippen LogP contribution < -0.4 is 20.7 Å². The minimum atomic E-state index is -1.98. The molecule has 1 saturated heterocycles. The Morgan fingerprint density at radius 1 is 0.762 bits per heavy atom. The van der Waals surface area contributed by atoms with Gasteiger partial charge in [0.1, 0.15) is 42.0 Å². The molecule has 0 N–H and O–H groups in total. The summed E-state index contributed by atoms with van der Waals surface area (Å²) >= 11 is 1.03. The fourth-order valence-electron chi connectivity index (χ4n) is 9.52. The van der Waals surface area contributed by atoms with Crippen molar-refractivity contribution in [3.8, 4) is 11.5 Å².